The number of aromatic nitrogens is 2. The second-order valence-electron chi connectivity index (χ2n) is 4.00. The number of rotatable bonds is 2. The molecule has 15 heavy (non-hydrogen) atoms. The standard InChI is InChI=1S/C12H12N2O/c15-12-13-7-8-14(12)11-5-3-10(4-6-11)9-1-2-9/h3-9H,1-2H2,(H,13,15). The molecule has 1 heterocycles. The first-order chi connectivity index (χ1) is 7.34. The molecule has 0 spiro atoms. The fourth-order valence-electron chi connectivity index (χ4n) is 1.85. The van der Waals surface area contributed by atoms with E-state index in [0.29, 0.717) is 0 Å². The Balaban J connectivity index is 1.99. The molecule has 2 aromatic rings. The number of imidazole rings is 1. The molecule has 0 amide bonds. The Bertz CT molecular complexity index is 517. The summed E-state index contributed by atoms with van der Waals surface area (Å²) in [7, 11) is 0. The van der Waals surface area contributed by atoms with Gasteiger partial charge in [-0.05, 0) is 36.5 Å². The second kappa shape index (κ2) is 3.12. The molecule has 1 saturated carbocycles. The lowest BCUT2D eigenvalue weighted by Gasteiger charge is -2.02. The van der Waals surface area contributed by atoms with E-state index >= 15 is 0 Å². The minimum Gasteiger partial charge on any atom is -0.312 e. The third kappa shape index (κ3) is 1.50. The van der Waals surface area contributed by atoms with Crippen molar-refractivity contribution in [2.45, 2.75) is 18.8 Å². The van der Waals surface area contributed by atoms with Crippen LogP contribution in [0, 0.1) is 0 Å². The summed E-state index contributed by atoms with van der Waals surface area (Å²) in [4.78, 5) is 14.0. The highest BCUT2D eigenvalue weighted by molar-refractivity contribution is 5.36. The van der Waals surface area contributed by atoms with Gasteiger partial charge in [0.15, 0.2) is 0 Å². The summed E-state index contributed by atoms with van der Waals surface area (Å²) in [5.74, 6) is 0.766. The van der Waals surface area contributed by atoms with Crippen molar-refractivity contribution in [3.05, 3.63) is 52.7 Å². The third-order valence-electron chi connectivity index (χ3n) is 2.87. The van der Waals surface area contributed by atoms with Gasteiger partial charge in [0.2, 0.25) is 0 Å². The van der Waals surface area contributed by atoms with Crippen LogP contribution in [0.2, 0.25) is 0 Å². The predicted molar refractivity (Wildman–Crippen MR) is 58.4 cm³/mol. The quantitative estimate of drug-likeness (QED) is 0.791. The average molecular weight is 200 g/mol. The monoisotopic (exact) mass is 200 g/mol. The van der Waals surface area contributed by atoms with Crippen LogP contribution in [0.1, 0.15) is 24.3 Å². The highest BCUT2D eigenvalue weighted by Gasteiger charge is 2.22. The van der Waals surface area contributed by atoms with Crippen molar-refractivity contribution >= 4 is 0 Å². The summed E-state index contributed by atoms with van der Waals surface area (Å²) in [6.07, 6.45) is 6.01. The van der Waals surface area contributed by atoms with Crippen LogP contribution >= 0.6 is 0 Å². The molecule has 1 aliphatic carbocycles. The Morgan fingerprint density at radius 1 is 1.20 bits per heavy atom. The van der Waals surface area contributed by atoms with Crippen molar-refractivity contribution in [1.29, 1.82) is 0 Å². The molecule has 1 aromatic carbocycles. The molecule has 0 aliphatic heterocycles. The maximum atomic E-state index is 11.4. The van der Waals surface area contributed by atoms with Gasteiger partial charge in [0.05, 0.1) is 5.69 Å². The summed E-state index contributed by atoms with van der Waals surface area (Å²) < 4.78 is 1.61. The van der Waals surface area contributed by atoms with Gasteiger partial charge in [-0.1, -0.05) is 12.1 Å². The molecule has 0 saturated heterocycles. The molecule has 76 valence electrons. The fourth-order valence-corrected chi connectivity index (χ4v) is 1.85. The van der Waals surface area contributed by atoms with Gasteiger partial charge in [-0.3, -0.25) is 4.57 Å². The molecule has 1 fully saturated rings. The number of benzene rings is 1. The Morgan fingerprint density at radius 2 is 1.93 bits per heavy atom. The van der Waals surface area contributed by atoms with Crippen molar-refractivity contribution in [1.82, 2.24) is 9.55 Å². The van der Waals surface area contributed by atoms with E-state index in [1.54, 1.807) is 17.0 Å². The average Bonchev–Trinajstić information content (AvgIpc) is 3.02. The minimum atomic E-state index is -0.0887. The van der Waals surface area contributed by atoms with Gasteiger partial charge in [-0.25, -0.2) is 4.79 Å². The molecule has 1 aliphatic rings. The van der Waals surface area contributed by atoms with Crippen LogP contribution < -0.4 is 5.69 Å². The van der Waals surface area contributed by atoms with E-state index in [2.05, 4.69) is 17.1 Å². The predicted octanol–water partition coefficient (Wildman–Crippen LogP) is 2.04. The van der Waals surface area contributed by atoms with Crippen molar-refractivity contribution in [3.63, 3.8) is 0 Å². The molecule has 3 nitrogen and oxygen atoms in total. The van der Waals surface area contributed by atoms with Crippen molar-refractivity contribution < 1.29 is 0 Å². The van der Waals surface area contributed by atoms with Gasteiger partial charge in [-0.2, -0.15) is 0 Å². The minimum absolute atomic E-state index is 0.0887. The molecule has 0 radical (unpaired) electrons. The number of nitrogens with one attached hydrogen (secondary N) is 1. The third-order valence-corrected chi connectivity index (χ3v) is 2.87. The van der Waals surface area contributed by atoms with Gasteiger partial charge in [0, 0.05) is 12.4 Å². The summed E-state index contributed by atoms with van der Waals surface area (Å²) in [5.41, 5.74) is 2.22. The van der Waals surface area contributed by atoms with Gasteiger partial charge in [0.25, 0.3) is 0 Å². The molecule has 1 aromatic heterocycles. The lowest BCUT2D eigenvalue weighted by atomic mass is 10.1. The highest BCUT2D eigenvalue weighted by Crippen LogP contribution is 2.39. The number of hydrogen-bond donors (Lipinski definition) is 1. The van der Waals surface area contributed by atoms with Crippen molar-refractivity contribution in [2.75, 3.05) is 0 Å². The first-order valence-electron chi connectivity index (χ1n) is 5.21. The van der Waals surface area contributed by atoms with Gasteiger partial charge >= 0.3 is 5.69 Å². The van der Waals surface area contributed by atoms with Crippen LogP contribution in [0.5, 0.6) is 0 Å². The Hall–Kier alpha value is -1.77. The fraction of sp³-hybridized carbons (Fsp3) is 0.250. The molecule has 3 rings (SSSR count). The summed E-state index contributed by atoms with van der Waals surface area (Å²) in [5, 5.41) is 0. The molecular weight excluding hydrogens is 188 g/mol. The molecule has 3 heteroatoms. The number of aromatic amines is 1. The van der Waals surface area contributed by atoms with Crippen LogP contribution in [0.3, 0.4) is 0 Å². The van der Waals surface area contributed by atoms with Crippen LogP contribution in [0.15, 0.2) is 41.5 Å². The van der Waals surface area contributed by atoms with Gasteiger partial charge in [-0.15, -0.1) is 0 Å². The van der Waals surface area contributed by atoms with Crippen molar-refractivity contribution in [2.24, 2.45) is 0 Å². The zero-order chi connectivity index (χ0) is 10.3. The maximum absolute atomic E-state index is 11.4. The van der Waals surface area contributed by atoms with Crippen molar-refractivity contribution in [3.8, 4) is 5.69 Å². The van der Waals surface area contributed by atoms with Crippen LogP contribution in [-0.2, 0) is 0 Å². The number of hydrogen-bond acceptors (Lipinski definition) is 1. The molecule has 0 bridgehead atoms. The normalized spacial score (nSPS) is 15.5. The van der Waals surface area contributed by atoms with Crippen LogP contribution in [-0.4, -0.2) is 9.55 Å². The zero-order valence-corrected chi connectivity index (χ0v) is 8.31. The van der Waals surface area contributed by atoms with E-state index in [-0.39, 0.29) is 5.69 Å². The smallest absolute Gasteiger partial charge is 0.312 e. The largest absolute Gasteiger partial charge is 0.330 e. The first-order valence-corrected chi connectivity index (χ1v) is 5.21. The topological polar surface area (TPSA) is 37.8 Å². The Kier molecular flexibility index (Phi) is 1.78. The first kappa shape index (κ1) is 8.53. The van der Waals surface area contributed by atoms with E-state index in [4.69, 9.17) is 0 Å². The Morgan fingerprint density at radius 3 is 2.47 bits per heavy atom. The molecule has 0 atom stereocenters. The summed E-state index contributed by atoms with van der Waals surface area (Å²) in [6, 6.07) is 8.24. The summed E-state index contributed by atoms with van der Waals surface area (Å²) >= 11 is 0. The number of H-pyrrole nitrogens is 1. The van der Waals surface area contributed by atoms with E-state index < -0.39 is 0 Å². The summed E-state index contributed by atoms with van der Waals surface area (Å²) in [6.45, 7) is 0. The van der Waals surface area contributed by atoms with E-state index in [1.807, 2.05) is 12.1 Å². The second-order valence-corrected chi connectivity index (χ2v) is 4.00. The zero-order valence-electron chi connectivity index (χ0n) is 8.31. The van der Waals surface area contributed by atoms with Gasteiger partial charge < -0.3 is 4.98 Å². The highest BCUT2D eigenvalue weighted by atomic mass is 16.1. The molecule has 0 unspecified atom stereocenters. The van der Waals surface area contributed by atoms with Crippen LogP contribution in [0.4, 0.5) is 0 Å². The van der Waals surface area contributed by atoms with E-state index in [9.17, 15) is 4.79 Å². The van der Waals surface area contributed by atoms with E-state index in [0.717, 1.165) is 11.6 Å². The SMILES string of the molecule is O=c1[nH]ccn1-c1ccc(C2CC2)cc1. The van der Waals surface area contributed by atoms with Gasteiger partial charge in [0.1, 0.15) is 0 Å². The van der Waals surface area contributed by atoms with E-state index in [1.165, 1.54) is 18.4 Å². The van der Waals surface area contributed by atoms with Crippen LogP contribution in [0.25, 0.3) is 5.69 Å². The lowest BCUT2D eigenvalue weighted by Crippen LogP contribution is -2.13. The Labute approximate surface area is 87.4 Å². The molecular formula is C12H12N2O. The number of nitrogens with zero attached hydrogens (tertiary/aromatic N) is 1. The lowest BCUT2D eigenvalue weighted by molar-refractivity contribution is 0.983. The molecule has 1 N–H and O–H groups in total. The maximum Gasteiger partial charge on any atom is 0.330 e.